The van der Waals surface area contributed by atoms with E-state index in [-0.39, 0.29) is 10.8 Å². The van der Waals surface area contributed by atoms with Crippen molar-refractivity contribution in [1.82, 2.24) is 4.31 Å². The van der Waals surface area contributed by atoms with Crippen molar-refractivity contribution in [3.8, 4) is 0 Å². The van der Waals surface area contributed by atoms with Gasteiger partial charge in [0, 0.05) is 24.5 Å². The molecule has 6 heteroatoms. The van der Waals surface area contributed by atoms with Crippen LogP contribution in [0.25, 0.3) is 0 Å². The van der Waals surface area contributed by atoms with Gasteiger partial charge in [0.05, 0.1) is 4.90 Å². The molecule has 1 unspecified atom stereocenters. The van der Waals surface area contributed by atoms with E-state index in [0.29, 0.717) is 24.5 Å². The lowest BCUT2D eigenvalue weighted by molar-refractivity contribution is -0.108. The first kappa shape index (κ1) is 13.5. The molecule has 98 valence electrons. The van der Waals surface area contributed by atoms with Gasteiger partial charge in [-0.25, -0.2) is 8.42 Å². The Bertz CT molecular complexity index is 527. The maximum Gasteiger partial charge on any atom is 0.243 e. The predicted molar refractivity (Wildman–Crippen MR) is 69.0 cm³/mol. The van der Waals surface area contributed by atoms with Crippen LogP contribution in [0.5, 0.6) is 0 Å². The Hall–Kier alpha value is -0.910. The molecular formula is C12H14ClNO3S. The molecule has 0 saturated carbocycles. The molecule has 4 nitrogen and oxygen atoms in total. The van der Waals surface area contributed by atoms with E-state index in [4.69, 9.17) is 11.6 Å². The quantitative estimate of drug-likeness (QED) is 0.795. The van der Waals surface area contributed by atoms with Gasteiger partial charge in [-0.1, -0.05) is 11.6 Å². The lowest BCUT2D eigenvalue weighted by Crippen LogP contribution is -2.28. The summed E-state index contributed by atoms with van der Waals surface area (Å²) >= 11 is 5.74. The van der Waals surface area contributed by atoms with Crippen LogP contribution in [0.2, 0.25) is 5.02 Å². The summed E-state index contributed by atoms with van der Waals surface area (Å²) in [6, 6.07) is 6.14. The average molecular weight is 288 g/mol. The summed E-state index contributed by atoms with van der Waals surface area (Å²) in [5.74, 6) is 0.143. The highest BCUT2D eigenvalue weighted by molar-refractivity contribution is 7.89. The van der Waals surface area contributed by atoms with E-state index in [2.05, 4.69) is 0 Å². The fourth-order valence-corrected chi connectivity index (χ4v) is 3.76. The van der Waals surface area contributed by atoms with Gasteiger partial charge in [0.15, 0.2) is 0 Å². The van der Waals surface area contributed by atoms with Gasteiger partial charge in [-0.15, -0.1) is 0 Å². The Balaban J connectivity index is 2.17. The van der Waals surface area contributed by atoms with Gasteiger partial charge in [0.2, 0.25) is 10.0 Å². The Morgan fingerprint density at radius 3 is 2.61 bits per heavy atom. The van der Waals surface area contributed by atoms with Crippen molar-refractivity contribution in [1.29, 1.82) is 0 Å². The Morgan fingerprint density at radius 1 is 1.33 bits per heavy atom. The number of benzene rings is 1. The first-order chi connectivity index (χ1) is 8.54. The second-order valence-corrected chi connectivity index (χ2v) is 6.75. The maximum atomic E-state index is 12.3. The minimum Gasteiger partial charge on any atom is -0.303 e. The summed E-state index contributed by atoms with van der Waals surface area (Å²) < 4.78 is 26.0. The summed E-state index contributed by atoms with van der Waals surface area (Å²) in [5, 5.41) is 0.509. The molecule has 0 aromatic heterocycles. The van der Waals surface area contributed by atoms with Crippen LogP contribution in [-0.4, -0.2) is 32.1 Å². The molecule has 0 bridgehead atoms. The van der Waals surface area contributed by atoms with E-state index < -0.39 is 10.0 Å². The Kier molecular flexibility index (Phi) is 4.04. The lowest BCUT2D eigenvalue weighted by Gasteiger charge is -2.16. The van der Waals surface area contributed by atoms with Gasteiger partial charge in [0.25, 0.3) is 0 Å². The second kappa shape index (κ2) is 5.38. The summed E-state index contributed by atoms with van der Waals surface area (Å²) in [4.78, 5) is 10.7. The highest BCUT2D eigenvalue weighted by Crippen LogP contribution is 2.26. The van der Waals surface area contributed by atoms with Crippen LogP contribution in [0, 0.1) is 5.92 Å². The van der Waals surface area contributed by atoms with Crippen LogP contribution in [0.15, 0.2) is 29.2 Å². The molecule has 0 amide bonds. The molecule has 2 rings (SSSR count). The molecule has 0 radical (unpaired) electrons. The van der Waals surface area contributed by atoms with Crippen LogP contribution >= 0.6 is 11.6 Å². The van der Waals surface area contributed by atoms with Gasteiger partial charge in [0.1, 0.15) is 6.29 Å². The Morgan fingerprint density at radius 2 is 2.00 bits per heavy atom. The SMILES string of the molecule is O=CCC1CCN(S(=O)(=O)c2ccc(Cl)cc2)C1. The number of hydrogen-bond donors (Lipinski definition) is 0. The number of halogens is 1. The molecule has 0 spiro atoms. The number of hydrogen-bond acceptors (Lipinski definition) is 3. The lowest BCUT2D eigenvalue weighted by atomic mass is 10.1. The predicted octanol–water partition coefficient (Wildman–Crippen LogP) is 1.94. The van der Waals surface area contributed by atoms with E-state index in [0.717, 1.165) is 12.7 Å². The molecule has 1 aliphatic rings. The molecule has 1 fully saturated rings. The minimum absolute atomic E-state index is 0.143. The monoisotopic (exact) mass is 287 g/mol. The molecule has 1 heterocycles. The van der Waals surface area contributed by atoms with E-state index in [9.17, 15) is 13.2 Å². The summed E-state index contributed by atoms with van der Waals surface area (Å²) in [6.45, 7) is 0.896. The molecule has 1 atom stereocenters. The first-order valence-electron chi connectivity index (χ1n) is 5.73. The molecule has 18 heavy (non-hydrogen) atoms. The zero-order valence-electron chi connectivity index (χ0n) is 9.75. The normalized spacial score (nSPS) is 21.1. The van der Waals surface area contributed by atoms with Crippen LogP contribution in [0.3, 0.4) is 0 Å². The third-order valence-electron chi connectivity index (χ3n) is 3.13. The van der Waals surface area contributed by atoms with Crippen molar-refractivity contribution < 1.29 is 13.2 Å². The van der Waals surface area contributed by atoms with E-state index in [1.54, 1.807) is 12.1 Å². The largest absolute Gasteiger partial charge is 0.303 e. The smallest absolute Gasteiger partial charge is 0.243 e. The summed E-state index contributed by atoms with van der Waals surface area (Å²) in [6.07, 6.45) is 2.02. The minimum atomic E-state index is -3.45. The van der Waals surface area contributed by atoms with Crippen molar-refractivity contribution in [2.24, 2.45) is 5.92 Å². The van der Waals surface area contributed by atoms with Crippen molar-refractivity contribution in [2.75, 3.05) is 13.1 Å². The molecule has 0 N–H and O–H groups in total. The number of carbonyl (C=O) groups excluding carboxylic acids is 1. The highest BCUT2D eigenvalue weighted by Gasteiger charge is 2.32. The number of carbonyl (C=O) groups is 1. The standard InChI is InChI=1S/C12H14ClNO3S/c13-11-1-3-12(4-2-11)18(16,17)14-7-5-10(9-14)6-8-15/h1-4,8,10H,5-7,9H2. The van der Waals surface area contributed by atoms with E-state index in [1.165, 1.54) is 16.4 Å². The topological polar surface area (TPSA) is 54.5 Å². The molecule has 1 aliphatic heterocycles. The fourth-order valence-electron chi connectivity index (χ4n) is 2.10. The average Bonchev–Trinajstić information content (AvgIpc) is 2.79. The van der Waals surface area contributed by atoms with Crippen molar-refractivity contribution >= 4 is 27.9 Å². The number of aldehydes is 1. The van der Waals surface area contributed by atoms with Gasteiger partial charge >= 0.3 is 0 Å². The van der Waals surface area contributed by atoms with Gasteiger partial charge < -0.3 is 4.79 Å². The first-order valence-corrected chi connectivity index (χ1v) is 7.55. The van der Waals surface area contributed by atoms with Gasteiger partial charge in [-0.3, -0.25) is 0 Å². The highest BCUT2D eigenvalue weighted by atomic mass is 35.5. The van der Waals surface area contributed by atoms with Crippen molar-refractivity contribution in [3.63, 3.8) is 0 Å². The zero-order valence-corrected chi connectivity index (χ0v) is 11.3. The van der Waals surface area contributed by atoms with Crippen LogP contribution in [-0.2, 0) is 14.8 Å². The van der Waals surface area contributed by atoms with Gasteiger partial charge in [-0.05, 0) is 36.6 Å². The molecular weight excluding hydrogens is 274 g/mol. The molecule has 0 aliphatic carbocycles. The number of rotatable bonds is 4. The van der Waals surface area contributed by atoms with Crippen molar-refractivity contribution in [2.45, 2.75) is 17.7 Å². The summed E-state index contributed by atoms with van der Waals surface area (Å²) in [7, 11) is -3.45. The number of nitrogens with zero attached hydrogens (tertiary/aromatic N) is 1. The summed E-state index contributed by atoms with van der Waals surface area (Å²) in [5.41, 5.74) is 0. The van der Waals surface area contributed by atoms with Crippen LogP contribution < -0.4 is 0 Å². The third kappa shape index (κ3) is 2.74. The van der Waals surface area contributed by atoms with E-state index >= 15 is 0 Å². The van der Waals surface area contributed by atoms with Gasteiger partial charge in [-0.2, -0.15) is 4.31 Å². The Labute approximate surface area is 112 Å². The molecule has 1 aromatic rings. The zero-order chi connectivity index (χ0) is 13.2. The fraction of sp³-hybridized carbons (Fsp3) is 0.417. The van der Waals surface area contributed by atoms with Crippen LogP contribution in [0.4, 0.5) is 0 Å². The molecule has 1 aromatic carbocycles. The third-order valence-corrected chi connectivity index (χ3v) is 5.26. The second-order valence-electron chi connectivity index (χ2n) is 4.37. The molecule has 1 saturated heterocycles. The number of sulfonamides is 1. The van der Waals surface area contributed by atoms with E-state index in [1.807, 2.05) is 0 Å². The maximum absolute atomic E-state index is 12.3. The van der Waals surface area contributed by atoms with Crippen LogP contribution in [0.1, 0.15) is 12.8 Å². The van der Waals surface area contributed by atoms with Crippen molar-refractivity contribution in [3.05, 3.63) is 29.3 Å².